The number of nitrogens with two attached hydrogens (primary N) is 1. The third-order valence-electron chi connectivity index (χ3n) is 1.73. The predicted octanol–water partition coefficient (Wildman–Crippen LogP) is 2.77. The van der Waals surface area contributed by atoms with Gasteiger partial charge in [0, 0.05) is 22.6 Å². The molecule has 0 spiro atoms. The summed E-state index contributed by atoms with van der Waals surface area (Å²) in [6.07, 6.45) is 0.390. The predicted molar refractivity (Wildman–Crippen MR) is 58.2 cm³/mol. The minimum absolute atomic E-state index is 0.00228. The molecule has 0 heterocycles. The second kappa shape index (κ2) is 5.11. The van der Waals surface area contributed by atoms with Crippen LogP contribution in [0.5, 0.6) is 0 Å². The Morgan fingerprint density at radius 1 is 1.53 bits per heavy atom. The fourth-order valence-corrected chi connectivity index (χ4v) is 2.15. The van der Waals surface area contributed by atoms with Crippen molar-refractivity contribution in [2.24, 2.45) is 5.73 Å². The van der Waals surface area contributed by atoms with Crippen LogP contribution < -0.4 is 5.73 Å². The third kappa shape index (κ3) is 3.87. The summed E-state index contributed by atoms with van der Waals surface area (Å²) in [6, 6.07) is 3.46. The summed E-state index contributed by atoms with van der Waals surface area (Å²) in [5.41, 5.74) is 5.23. The molecule has 0 aliphatic rings. The fraction of sp³-hybridized carbons (Fsp3) is 0.300. The molecule has 82 valence electrons. The molecule has 0 bridgehead atoms. The van der Waals surface area contributed by atoms with Gasteiger partial charge in [0.2, 0.25) is 0 Å². The summed E-state index contributed by atoms with van der Waals surface area (Å²) < 4.78 is 25.8. The van der Waals surface area contributed by atoms with Crippen LogP contribution in [0, 0.1) is 17.0 Å². The van der Waals surface area contributed by atoms with Gasteiger partial charge in [0.15, 0.2) is 0 Å². The van der Waals surface area contributed by atoms with Crippen LogP contribution in [0.15, 0.2) is 23.1 Å². The van der Waals surface area contributed by atoms with Crippen molar-refractivity contribution in [2.45, 2.75) is 23.5 Å². The van der Waals surface area contributed by atoms with E-state index in [-0.39, 0.29) is 11.1 Å². The lowest BCUT2D eigenvalue weighted by Gasteiger charge is -2.10. The van der Waals surface area contributed by atoms with Gasteiger partial charge in [-0.2, -0.15) is 0 Å². The van der Waals surface area contributed by atoms with E-state index in [4.69, 9.17) is 11.1 Å². The van der Waals surface area contributed by atoms with Crippen molar-refractivity contribution in [3.05, 3.63) is 29.8 Å². The molecule has 0 radical (unpaired) electrons. The number of amidine groups is 1. The molecule has 5 heteroatoms. The standard InChI is InChI=1S/C10H12F2N2S/c1-6(4-10(13)14)15-9-3-2-7(11)5-8(9)12/h2-3,5-6H,4H2,1H3,(H3,13,14). The highest BCUT2D eigenvalue weighted by Gasteiger charge is 2.10. The van der Waals surface area contributed by atoms with Crippen molar-refractivity contribution in [3.63, 3.8) is 0 Å². The second-order valence-electron chi connectivity index (χ2n) is 3.23. The highest BCUT2D eigenvalue weighted by Crippen LogP contribution is 2.27. The Kier molecular flexibility index (Phi) is 4.08. The normalized spacial score (nSPS) is 12.5. The number of thioether (sulfide) groups is 1. The number of hydrogen-bond acceptors (Lipinski definition) is 2. The van der Waals surface area contributed by atoms with Crippen LogP contribution in [0.25, 0.3) is 0 Å². The van der Waals surface area contributed by atoms with Crippen molar-refractivity contribution in [3.8, 4) is 0 Å². The quantitative estimate of drug-likeness (QED) is 0.474. The zero-order valence-electron chi connectivity index (χ0n) is 8.26. The molecule has 1 atom stereocenters. The van der Waals surface area contributed by atoms with E-state index in [1.165, 1.54) is 23.9 Å². The zero-order chi connectivity index (χ0) is 11.4. The second-order valence-corrected chi connectivity index (χ2v) is 4.71. The van der Waals surface area contributed by atoms with E-state index in [0.717, 1.165) is 6.07 Å². The molecule has 3 N–H and O–H groups in total. The van der Waals surface area contributed by atoms with Gasteiger partial charge in [-0.3, -0.25) is 5.41 Å². The summed E-state index contributed by atoms with van der Waals surface area (Å²) in [6.45, 7) is 1.84. The maximum absolute atomic E-state index is 13.2. The van der Waals surface area contributed by atoms with E-state index in [2.05, 4.69) is 0 Å². The molecule has 0 fully saturated rings. The Labute approximate surface area is 91.4 Å². The van der Waals surface area contributed by atoms with Gasteiger partial charge in [0.1, 0.15) is 11.6 Å². The Bertz CT molecular complexity index is 368. The van der Waals surface area contributed by atoms with Crippen molar-refractivity contribution < 1.29 is 8.78 Å². The average Bonchev–Trinajstić information content (AvgIpc) is 2.08. The summed E-state index contributed by atoms with van der Waals surface area (Å²) in [5, 5.41) is 7.09. The minimum atomic E-state index is -0.587. The average molecular weight is 230 g/mol. The molecule has 0 saturated carbocycles. The Hall–Kier alpha value is -1.10. The molecule has 1 unspecified atom stereocenters. The number of hydrogen-bond donors (Lipinski definition) is 2. The lowest BCUT2D eigenvalue weighted by molar-refractivity contribution is 0.565. The van der Waals surface area contributed by atoms with Crippen LogP contribution in [0.3, 0.4) is 0 Å². The number of halogens is 2. The van der Waals surface area contributed by atoms with Gasteiger partial charge >= 0.3 is 0 Å². The molecule has 0 aromatic heterocycles. The molecule has 0 aliphatic heterocycles. The van der Waals surface area contributed by atoms with Gasteiger partial charge in [-0.25, -0.2) is 8.78 Å². The molecule has 0 aliphatic carbocycles. The van der Waals surface area contributed by atoms with Crippen molar-refractivity contribution >= 4 is 17.6 Å². The van der Waals surface area contributed by atoms with Crippen LogP contribution in [0.2, 0.25) is 0 Å². The summed E-state index contributed by atoms with van der Waals surface area (Å²) in [7, 11) is 0. The van der Waals surface area contributed by atoms with Gasteiger partial charge in [-0.1, -0.05) is 6.92 Å². The van der Waals surface area contributed by atoms with E-state index >= 15 is 0 Å². The monoisotopic (exact) mass is 230 g/mol. The molecule has 1 rings (SSSR count). The molecule has 1 aromatic carbocycles. The summed E-state index contributed by atoms with van der Waals surface area (Å²) in [4.78, 5) is 0.380. The van der Waals surface area contributed by atoms with Crippen molar-refractivity contribution in [1.82, 2.24) is 0 Å². The van der Waals surface area contributed by atoms with Crippen molar-refractivity contribution in [2.75, 3.05) is 0 Å². The smallest absolute Gasteiger partial charge is 0.139 e. The molecular weight excluding hydrogens is 218 g/mol. The van der Waals surface area contributed by atoms with E-state index in [1.54, 1.807) is 0 Å². The summed E-state index contributed by atoms with van der Waals surface area (Å²) in [5.74, 6) is -1.09. The van der Waals surface area contributed by atoms with Crippen LogP contribution >= 0.6 is 11.8 Å². The van der Waals surface area contributed by atoms with Crippen molar-refractivity contribution in [1.29, 1.82) is 5.41 Å². The maximum atomic E-state index is 13.2. The van der Waals surface area contributed by atoms with Crippen LogP contribution in [-0.2, 0) is 0 Å². The first kappa shape index (κ1) is 12.0. The lowest BCUT2D eigenvalue weighted by Crippen LogP contribution is -2.15. The zero-order valence-corrected chi connectivity index (χ0v) is 9.07. The number of nitrogens with one attached hydrogen (secondary N) is 1. The van der Waals surface area contributed by atoms with Gasteiger partial charge < -0.3 is 5.73 Å². The first-order valence-electron chi connectivity index (χ1n) is 4.43. The van der Waals surface area contributed by atoms with Crippen LogP contribution in [0.1, 0.15) is 13.3 Å². The third-order valence-corrected chi connectivity index (χ3v) is 2.88. The molecule has 15 heavy (non-hydrogen) atoms. The first-order valence-corrected chi connectivity index (χ1v) is 5.31. The molecule has 1 aromatic rings. The van der Waals surface area contributed by atoms with Gasteiger partial charge in [0.05, 0.1) is 5.84 Å². The van der Waals surface area contributed by atoms with E-state index in [0.29, 0.717) is 11.3 Å². The summed E-state index contributed by atoms with van der Waals surface area (Å²) >= 11 is 1.24. The number of rotatable bonds is 4. The molecule has 0 amide bonds. The highest BCUT2D eigenvalue weighted by atomic mass is 32.2. The first-order chi connectivity index (χ1) is 6.99. The Morgan fingerprint density at radius 3 is 2.73 bits per heavy atom. The lowest BCUT2D eigenvalue weighted by atomic mass is 10.3. The van der Waals surface area contributed by atoms with E-state index in [1.807, 2.05) is 6.92 Å². The van der Waals surface area contributed by atoms with Gasteiger partial charge in [-0.15, -0.1) is 11.8 Å². The van der Waals surface area contributed by atoms with E-state index < -0.39 is 11.6 Å². The molecule has 0 saturated heterocycles. The molecule has 2 nitrogen and oxygen atoms in total. The van der Waals surface area contributed by atoms with Gasteiger partial charge in [0.25, 0.3) is 0 Å². The highest BCUT2D eigenvalue weighted by molar-refractivity contribution is 8.00. The largest absolute Gasteiger partial charge is 0.388 e. The topological polar surface area (TPSA) is 49.9 Å². The Morgan fingerprint density at radius 2 is 2.20 bits per heavy atom. The molecular formula is C10H12F2N2S. The number of benzene rings is 1. The Balaban J connectivity index is 2.68. The van der Waals surface area contributed by atoms with Crippen LogP contribution in [0.4, 0.5) is 8.78 Å². The fourth-order valence-electron chi connectivity index (χ4n) is 1.14. The van der Waals surface area contributed by atoms with Gasteiger partial charge in [-0.05, 0) is 12.1 Å². The maximum Gasteiger partial charge on any atom is 0.139 e. The van der Waals surface area contributed by atoms with Crippen LogP contribution in [-0.4, -0.2) is 11.1 Å². The van der Waals surface area contributed by atoms with E-state index in [9.17, 15) is 8.78 Å². The SMILES string of the molecule is CC(CC(=N)N)Sc1ccc(F)cc1F. The minimum Gasteiger partial charge on any atom is -0.388 e.